The van der Waals surface area contributed by atoms with Crippen LogP contribution in [-0.2, 0) is 20.8 Å². The number of aryl methyl sites for hydroxylation is 1. The molecule has 7 rings (SSSR count). The van der Waals surface area contributed by atoms with Gasteiger partial charge < -0.3 is 20.1 Å². The van der Waals surface area contributed by atoms with E-state index in [1.807, 2.05) is 0 Å². The number of hydrogen-bond donors (Lipinski definition) is 3. The number of hydrogen-bond acceptors (Lipinski definition) is 8. The third kappa shape index (κ3) is 4.68. The van der Waals surface area contributed by atoms with Crippen LogP contribution >= 0.6 is 0 Å². The van der Waals surface area contributed by atoms with E-state index in [1.165, 1.54) is 16.7 Å². The standard InChI is InChI=1S/C22H23F4N7O4/c1-10-2-16-28-12(8-36-22(24,25)26)7-33(16)19(27-10)29-15-3-13(31-32-15)18-17(23)14(9-35-18)37-20(34)30-21-4-11(5-21)6-21/h2-3,7,11,14,17-18H,4-6,8-9H2,1H3,(H,30,34)(H2,27,29,31,32)/t11?,14-,17+,18-,21?/m0/s1. The third-order valence-corrected chi connectivity index (χ3v) is 6.91. The lowest BCUT2D eigenvalue weighted by Crippen LogP contribution is -2.68. The maximum Gasteiger partial charge on any atom is 0.522 e. The van der Waals surface area contributed by atoms with Crippen molar-refractivity contribution in [3.63, 3.8) is 0 Å². The maximum absolute atomic E-state index is 15.1. The van der Waals surface area contributed by atoms with Gasteiger partial charge in [-0.2, -0.15) is 5.10 Å². The number of carbonyl (C=O) groups is 1. The smallest absolute Gasteiger partial charge is 0.441 e. The second-order valence-electron chi connectivity index (χ2n) is 9.78. The van der Waals surface area contributed by atoms with Crippen LogP contribution in [0.3, 0.4) is 0 Å². The molecule has 4 heterocycles. The number of imidazole rings is 1. The van der Waals surface area contributed by atoms with Gasteiger partial charge in [-0.3, -0.25) is 14.2 Å². The minimum absolute atomic E-state index is 0.0548. The number of ether oxygens (including phenoxy) is 3. The van der Waals surface area contributed by atoms with E-state index in [9.17, 15) is 18.0 Å². The molecule has 198 valence electrons. The molecule has 0 aromatic carbocycles. The molecule has 1 saturated heterocycles. The predicted molar refractivity (Wildman–Crippen MR) is 118 cm³/mol. The van der Waals surface area contributed by atoms with Crippen LogP contribution in [0.1, 0.15) is 42.4 Å². The lowest BCUT2D eigenvalue weighted by atomic mass is 9.50. The Morgan fingerprint density at radius 2 is 2.08 bits per heavy atom. The van der Waals surface area contributed by atoms with E-state index in [0.29, 0.717) is 23.0 Å². The van der Waals surface area contributed by atoms with Crippen LogP contribution in [-0.4, -0.2) is 61.4 Å². The summed E-state index contributed by atoms with van der Waals surface area (Å²) in [6, 6.07) is 3.12. The van der Waals surface area contributed by atoms with Crippen LogP contribution < -0.4 is 10.6 Å². The van der Waals surface area contributed by atoms with Gasteiger partial charge in [0.05, 0.1) is 24.6 Å². The normalized spacial score (nSPS) is 28.6. The van der Waals surface area contributed by atoms with E-state index >= 15 is 4.39 Å². The Labute approximate surface area is 206 Å². The molecule has 37 heavy (non-hydrogen) atoms. The molecule has 3 atom stereocenters. The molecule has 0 spiro atoms. The highest BCUT2D eigenvalue weighted by Crippen LogP contribution is 2.57. The molecule has 0 unspecified atom stereocenters. The fraction of sp³-hybridized carbons (Fsp3) is 0.545. The van der Waals surface area contributed by atoms with Crippen molar-refractivity contribution >= 4 is 23.5 Å². The summed E-state index contributed by atoms with van der Waals surface area (Å²) in [5, 5.41) is 12.6. The van der Waals surface area contributed by atoms with Crippen LogP contribution in [0.15, 0.2) is 18.3 Å². The molecule has 3 N–H and O–H groups in total. The number of alkyl halides is 4. The molecule has 3 aromatic rings. The Morgan fingerprint density at radius 3 is 2.78 bits per heavy atom. The highest BCUT2D eigenvalue weighted by molar-refractivity contribution is 5.69. The number of nitrogens with zero attached hydrogens (tertiary/aromatic N) is 4. The van der Waals surface area contributed by atoms with Crippen molar-refractivity contribution in [1.82, 2.24) is 29.9 Å². The Hall–Kier alpha value is -3.46. The number of fused-ring (bicyclic) bond motifs is 1. The molecule has 3 aromatic heterocycles. The van der Waals surface area contributed by atoms with Crippen molar-refractivity contribution in [2.45, 2.75) is 63.1 Å². The van der Waals surface area contributed by atoms with Crippen molar-refractivity contribution < 1.29 is 36.6 Å². The van der Waals surface area contributed by atoms with Crippen molar-refractivity contribution in [2.75, 3.05) is 11.9 Å². The minimum atomic E-state index is -4.78. The number of rotatable bonds is 7. The predicted octanol–water partition coefficient (Wildman–Crippen LogP) is 3.60. The topological polar surface area (TPSA) is 128 Å². The largest absolute Gasteiger partial charge is 0.522 e. The molecule has 11 nitrogen and oxygen atoms in total. The average molecular weight is 525 g/mol. The van der Waals surface area contributed by atoms with Gasteiger partial charge in [-0.25, -0.2) is 19.2 Å². The van der Waals surface area contributed by atoms with E-state index in [4.69, 9.17) is 9.47 Å². The summed E-state index contributed by atoms with van der Waals surface area (Å²) in [5.41, 5.74) is 1.10. The average Bonchev–Trinajstić information content (AvgIpc) is 3.47. The quantitative estimate of drug-likeness (QED) is 0.400. The summed E-state index contributed by atoms with van der Waals surface area (Å²) in [6.07, 6.45) is -4.93. The van der Waals surface area contributed by atoms with Crippen molar-refractivity contribution in [3.8, 4) is 0 Å². The van der Waals surface area contributed by atoms with Gasteiger partial charge in [0.15, 0.2) is 18.1 Å². The van der Waals surface area contributed by atoms with Crippen LogP contribution in [0.5, 0.6) is 0 Å². The molecule has 15 heteroatoms. The molecule has 1 aliphatic heterocycles. The molecule has 4 aliphatic rings. The highest BCUT2D eigenvalue weighted by atomic mass is 19.4. The Balaban J connectivity index is 1.11. The van der Waals surface area contributed by atoms with Gasteiger partial charge in [0.2, 0.25) is 5.95 Å². The van der Waals surface area contributed by atoms with Gasteiger partial charge >= 0.3 is 12.5 Å². The molecule has 3 saturated carbocycles. The summed E-state index contributed by atoms with van der Waals surface area (Å²) in [7, 11) is 0. The van der Waals surface area contributed by atoms with Crippen LogP contribution in [0.4, 0.5) is 34.1 Å². The SMILES string of the molecule is Cc1cc2nc(COC(F)(F)F)cn2c(Nc2cc([C@@H]3OC[C@H](OC(=O)NC45CC(C4)C5)[C@H]3F)[nH]n2)n1. The Kier molecular flexibility index (Phi) is 5.52. The first kappa shape index (κ1) is 23.9. The first-order chi connectivity index (χ1) is 17.6. The maximum atomic E-state index is 15.1. The minimum Gasteiger partial charge on any atom is -0.441 e. The van der Waals surface area contributed by atoms with Crippen LogP contribution in [0, 0.1) is 12.8 Å². The van der Waals surface area contributed by atoms with Crippen molar-refractivity contribution in [2.24, 2.45) is 5.92 Å². The first-order valence-corrected chi connectivity index (χ1v) is 11.7. The summed E-state index contributed by atoms with van der Waals surface area (Å²) in [5.74, 6) is 1.18. The zero-order valence-corrected chi connectivity index (χ0v) is 19.5. The van der Waals surface area contributed by atoms with Gasteiger partial charge in [0, 0.05) is 29.6 Å². The number of anilines is 2. The fourth-order valence-corrected chi connectivity index (χ4v) is 5.08. The van der Waals surface area contributed by atoms with Gasteiger partial charge in [0.25, 0.3) is 0 Å². The highest BCUT2D eigenvalue weighted by Gasteiger charge is 2.58. The van der Waals surface area contributed by atoms with Crippen LogP contribution in [0.25, 0.3) is 5.65 Å². The summed E-state index contributed by atoms with van der Waals surface area (Å²) in [6.45, 7) is 0.844. The van der Waals surface area contributed by atoms with Crippen molar-refractivity contribution in [3.05, 3.63) is 35.4 Å². The number of nitrogens with one attached hydrogen (secondary N) is 3. The first-order valence-electron chi connectivity index (χ1n) is 11.7. The van der Waals surface area contributed by atoms with Crippen molar-refractivity contribution in [1.29, 1.82) is 0 Å². The van der Waals surface area contributed by atoms with Crippen LogP contribution in [0.2, 0.25) is 0 Å². The number of halogens is 4. The Bertz CT molecular complexity index is 1330. The zero-order chi connectivity index (χ0) is 25.9. The molecule has 2 bridgehead atoms. The monoisotopic (exact) mass is 525 g/mol. The number of H-pyrrole nitrogens is 1. The molecule has 0 radical (unpaired) electrons. The number of alkyl carbamates (subject to hydrolysis) is 1. The fourth-order valence-electron chi connectivity index (χ4n) is 5.08. The molecular weight excluding hydrogens is 502 g/mol. The van der Waals surface area contributed by atoms with E-state index in [1.54, 1.807) is 13.0 Å². The molecular formula is C22H23F4N7O4. The van der Waals surface area contributed by atoms with E-state index in [2.05, 4.69) is 35.5 Å². The number of aromatic amines is 1. The third-order valence-electron chi connectivity index (χ3n) is 6.91. The number of amides is 1. The summed E-state index contributed by atoms with van der Waals surface area (Å²) in [4.78, 5) is 20.7. The second kappa shape index (κ2) is 8.55. The molecule has 3 aliphatic carbocycles. The summed E-state index contributed by atoms with van der Waals surface area (Å²) < 4.78 is 68.4. The summed E-state index contributed by atoms with van der Waals surface area (Å²) >= 11 is 0. The van der Waals surface area contributed by atoms with E-state index < -0.39 is 37.4 Å². The molecule has 1 amide bonds. The van der Waals surface area contributed by atoms with Gasteiger partial charge in [0.1, 0.15) is 11.8 Å². The zero-order valence-electron chi connectivity index (χ0n) is 19.5. The van der Waals surface area contributed by atoms with E-state index in [-0.39, 0.29) is 29.6 Å². The lowest BCUT2D eigenvalue weighted by Gasteiger charge is -2.61. The van der Waals surface area contributed by atoms with Gasteiger partial charge in [-0.05, 0) is 32.1 Å². The van der Waals surface area contributed by atoms with Gasteiger partial charge in [-0.15, -0.1) is 13.2 Å². The number of carbonyl (C=O) groups excluding carboxylic acids is 1. The van der Waals surface area contributed by atoms with Gasteiger partial charge in [-0.1, -0.05) is 0 Å². The Morgan fingerprint density at radius 1 is 1.30 bits per heavy atom. The number of aromatic nitrogens is 5. The lowest BCUT2D eigenvalue weighted by molar-refractivity contribution is -0.330. The van der Waals surface area contributed by atoms with E-state index in [0.717, 1.165) is 19.3 Å². The molecule has 4 fully saturated rings. The second-order valence-corrected chi connectivity index (χ2v) is 9.78.